The molecule has 98 valence electrons. The quantitative estimate of drug-likeness (QED) is 0.900. The molecule has 0 heterocycles. The van der Waals surface area contributed by atoms with E-state index in [4.69, 9.17) is 23.2 Å². The van der Waals surface area contributed by atoms with Crippen molar-refractivity contribution in [1.82, 2.24) is 4.90 Å². The molecule has 0 aromatic heterocycles. The van der Waals surface area contributed by atoms with E-state index in [1.807, 2.05) is 12.1 Å². The van der Waals surface area contributed by atoms with Gasteiger partial charge in [0, 0.05) is 22.1 Å². The number of rotatable bonds is 2. The number of nitrogens with zero attached hydrogens (tertiary/aromatic N) is 1. The lowest BCUT2D eigenvalue weighted by Crippen LogP contribution is -2.46. The first-order chi connectivity index (χ1) is 8.56. The van der Waals surface area contributed by atoms with Crippen molar-refractivity contribution in [2.45, 2.75) is 43.9 Å². The molecule has 2 aliphatic rings. The van der Waals surface area contributed by atoms with Crippen LogP contribution in [0.5, 0.6) is 0 Å². The molecule has 1 N–H and O–H groups in total. The van der Waals surface area contributed by atoms with Gasteiger partial charge in [-0.2, -0.15) is 0 Å². The third-order valence-electron chi connectivity index (χ3n) is 4.38. The van der Waals surface area contributed by atoms with Gasteiger partial charge in [-0.25, -0.2) is 0 Å². The summed E-state index contributed by atoms with van der Waals surface area (Å²) in [7, 11) is 2.14. The summed E-state index contributed by atoms with van der Waals surface area (Å²) in [6.45, 7) is 0. The average Bonchev–Trinajstić information content (AvgIpc) is 2.67. The van der Waals surface area contributed by atoms with E-state index in [0.29, 0.717) is 17.1 Å². The van der Waals surface area contributed by atoms with Crippen LogP contribution in [-0.2, 0) is 6.42 Å². The molecule has 2 nitrogen and oxygen atoms in total. The highest BCUT2D eigenvalue weighted by atomic mass is 35.5. The summed E-state index contributed by atoms with van der Waals surface area (Å²) >= 11 is 12.4. The third-order valence-corrected chi connectivity index (χ3v) is 4.93. The van der Waals surface area contributed by atoms with Crippen molar-refractivity contribution in [3.8, 4) is 0 Å². The fourth-order valence-electron chi connectivity index (χ4n) is 3.19. The summed E-state index contributed by atoms with van der Waals surface area (Å²) in [4.78, 5) is 2.38. The first-order valence-corrected chi connectivity index (χ1v) is 7.19. The van der Waals surface area contributed by atoms with E-state index in [1.165, 1.54) is 11.1 Å². The Balaban J connectivity index is 1.85. The van der Waals surface area contributed by atoms with Crippen LogP contribution in [0.4, 0.5) is 0 Å². The van der Waals surface area contributed by atoms with E-state index in [0.717, 1.165) is 30.7 Å². The second kappa shape index (κ2) is 4.68. The topological polar surface area (TPSA) is 23.5 Å². The molecule has 1 saturated carbocycles. The van der Waals surface area contributed by atoms with Crippen LogP contribution >= 0.6 is 23.2 Å². The van der Waals surface area contributed by atoms with E-state index in [1.54, 1.807) is 0 Å². The van der Waals surface area contributed by atoms with E-state index in [9.17, 15) is 5.11 Å². The molecule has 1 aromatic carbocycles. The predicted octanol–water partition coefficient (Wildman–Crippen LogP) is 3.44. The van der Waals surface area contributed by atoms with Crippen molar-refractivity contribution in [2.24, 2.45) is 0 Å². The van der Waals surface area contributed by atoms with Crippen molar-refractivity contribution in [1.29, 1.82) is 0 Å². The third kappa shape index (κ3) is 2.05. The van der Waals surface area contributed by atoms with Gasteiger partial charge in [0.2, 0.25) is 0 Å². The minimum absolute atomic E-state index is 0.110. The van der Waals surface area contributed by atoms with Gasteiger partial charge < -0.3 is 5.11 Å². The lowest BCUT2D eigenvalue weighted by atomic mass is 9.87. The maximum absolute atomic E-state index is 9.42. The highest BCUT2D eigenvalue weighted by Crippen LogP contribution is 2.43. The molecule has 1 aromatic rings. The average molecular weight is 286 g/mol. The summed E-state index contributed by atoms with van der Waals surface area (Å²) in [6.07, 6.45) is 3.78. The number of hydrogen-bond donors (Lipinski definition) is 1. The summed E-state index contributed by atoms with van der Waals surface area (Å²) in [5.41, 5.74) is 2.52. The van der Waals surface area contributed by atoms with Gasteiger partial charge in [-0.05, 0) is 56.0 Å². The number of aliphatic hydroxyl groups excluding tert-OH is 1. The normalized spacial score (nSPS) is 30.4. The first kappa shape index (κ1) is 12.7. The Hall–Kier alpha value is -0.280. The van der Waals surface area contributed by atoms with Crippen LogP contribution in [0.2, 0.25) is 10.0 Å². The molecule has 0 saturated heterocycles. The van der Waals surface area contributed by atoms with Crippen LogP contribution in [0.25, 0.3) is 0 Å². The Morgan fingerprint density at radius 2 is 2.00 bits per heavy atom. The Kier molecular flexibility index (Phi) is 3.31. The molecule has 4 heteroatoms. The molecule has 0 bridgehead atoms. The predicted molar refractivity (Wildman–Crippen MR) is 74.3 cm³/mol. The molecule has 2 aliphatic carbocycles. The van der Waals surface area contributed by atoms with E-state index in [2.05, 4.69) is 11.9 Å². The van der Waals surface area contributed by atoms with E-state index >= 15 is 0 Å². The van der Waals surface area contributed by atoms with Crippen LogP contribution < -0.4 is 0 Å². The molecule has 0 aliphatic heterocycles. The van der Waals surface area contributed by atoms with Gasteiger partial charge in [0.1, 0.15) is 0 Å². The maximum Gasteiger partial charge on any atom is 0.0570 e. The zero-order valence-corrected chi connectivity index (χ0v) is 11.9. The number of aliphatic hydroxyl groups is 1. The van der Waals surface area contributed by atoms with Crippen LogP contribution in [0.15, 0.2) is 12.1 Å². The Labute approximate surface area is 117 Å². The summed E-state index contributed by atoms with van der Waals surface area (Å²) in [6, 6.07) is 4.77. The van der Waals surface area contributed by atoms with Crippen molar-refractivity contribution in [3.05, 3.63) is 33.3 Å². The van der Waals surface area contributed by atoms with Gasteiger partial charge in [0.05, 0.1) is 6.10 Å². The largest absolute Gasteiger partial charge is 0.393 e. The number of benzene rings is 1. The van der Waals surface area contributed by atoms with Crippen LogP contribution in [0.1, 0.15) is 36.4 Å². The molecule has 18 heavy (non-hydrogen) atoms. The van der Waals surface area contributed by atoms with Crippen molar-refractivity contribution in [2.75, 3.05) is 7.05 Å². The number of hydrogen-bond acceptors (Lipinski definition) is 2. The van der Waals surface area contributed by atoms with E-state index in [-0.39, 0.29) is 6.10 Å². The van der Waals surface area contributed by atoms with Crippen molar-refractivity contribution in [3.63, 3.8) is 0 Å². The fourth-order valence-corrected chi connectivity index (χ4v) is 3.79. The van der Waals surface area contributed by atoms with Crippen molar-refractivity contribution >= 4 is 23.2 Å². The molecule has 1 fully saturated rings. The standard InChI is InChI=1S/C14H17Cl2NO/c1-17(9-6-10(18)7-9)14-3-2-11-12(14)4-8(15)5-13(11)16/h4-5,9-10,14,18H,2-3,6-7H2,1H3. The molecule has 0 amide bonds. The second-order valence-electron chi connectivity index (χ2n) is 5.45. The Morgan fingerprint density at radius 3 is 2.67 bits per heavy atom. The van der Waals surface area contributed by atoms with Gasteiger partial charge >= 0.3 is 0 Å². The smallest absolute Gasteiger partial charge is 0.0570 e. The highest BCUT2D eigenvalue weighted by Gasteiger charge is 2.37. The van der Waals surface area contributed by atoms with Crippen LogP contribution in [0.3, 0.4) is 0 Å². The molecule has 0 radical (unpaired) electrons. The minimum atomic E-state index is -0.110. The zero-order valence-electron chi connectivity index (χ0n) is 10.4. The first-order valence-electron chi connectivity index (χ1n) is 6.44. The zero-order chi connectivity index (χ0) is 12.9. The molecular formula is C14H17Cl2NO. The Morgan fingerprint density at radius 1 is 1.28 bits per heavy atom. The second-order valence-corrected chi connectivity index (χ2v) is 6.30. The number of fused-ring (bicyclic) bond motifs is 1. The number of halogens is 2. The summed E-state index contributed by atoms with van der Waals surface area (Å²) < 4.78 is 0. The molecule has 0 spiro atoms. The lowest BCUT2D eigenvalue weighted by Gasteiger charge is -2.42. The van der Waals surface area contributed by atoms with Gasteiger partial charge in [-0.3, -0.25) is 4.90 Å². The van der Waals surface area contributed by atoms with Gasteiger partial charge in [0.25, 0.3) is 0 Å². The molecular weight excluding hydrogens is 269 g/mol. The summed E-state index contributed by atoms with van der Waals surface area (Å²) in [5, 5.41) is 10.9. The highest BCUT2D eigenvalue weighted by molar-refractivity contribution is 6.35. The fraction of sp³-hybridized carbons (Fsp3) is 0.571. The van der Waals surface area contributed by atoms with E-state index < -0.39 is 0 Å². The Bertz CT molecular complexity index is 471. The van der Waals surface area contributed by atoms with Gasteiger partial charge in [-0.15, -0.1) is 0 Å². The monoisotopic (exact) mass is 285 g/mol. The molecule has 3 rings (SSSR count). The van der Waals surface area contributed by atoms with Crippen LogP contribution in [0, 0.1) is 0 Å². The summed E-state index contributed by atoms with van der Waals surface area (Å²) in [5.74, 6) is 0. The SMILES string of the molecule is CN(C1CC(O)C1)C1CCc2c(Cl)cc(Cl)cc21. The van der Waals surface area contributed by atoms with Crippen molar-refractivity contribution < 1.29 is 5.11 Å². The van der Waals surface area contributed by atoms with Gasteiger partial charge in [-0.1, -0.05) is 23.2 Å². The van der Waals surface area contributed by atoms with Gasteiger partial charge in [0.15, 0.2) is 0 Å². The van der Waals surface area contributed by atoms with Crippen LogP contribution in [-0.4, -0.2) is 29.2 Å². The lowest BCUT2D eigenvalue weighted by molar-refractivity contribution is -0.00473. The molecule has 1 unspecified atom stereocenters. The molecule has 1 atom stereocenters. The maximum atomic E-state index is 9.42. The minimum Gasteiger partial charge on any atom is -0.393 e.